The molecule has 1 saturated heterocycles. The summed E-state index contributed by atoms with van der Waals surface area (Å²) in [5, 5.41) is 0. The van der Waals surface area contributed by atoms with Crippen molar-refractivity contribution < 1.29 is 18.0 Å². The molecule has 19 heavy (non-hydrogen) atoms. The first kappa shape index (κ1) is 13.4. The predicted molar refractivity (Wildman–Crippen MR) is 60.4 cm³/mol. The van der Waals surface area contributed by atoms with Crippen LogP contribution in [0.15, 0.2) is 12.4 Å². The summed E-state index contributed by atoms with van der Waals surface area (Å²) in [4.78, 5) is 21.5. The van der Waals surface area contributed by atoms with E-state index in [4.69, 9.17) is 5.73 Å². The molecule has 1 fully saturated rings. The first-order valence-electron chi connectivity index (χ1n) is 5.56. The molecule has 2 rings (SSSR count). The molecule has 0 spiro atoms. The molecule has 2 amide bonds. The topological polar surface area (TPSA) is 75.4 Å². The van der Waals surface area contributed by atoms with Crippen molar-refractivity contribution in [1.82, 2.24) is 14.9 Å². The highest BCUT2D eigenvalue weighted by molar-refractivity contribution is 5.72. The smallest absolute Gasteiger partial charge is 0.351 e. The molecule has 1 aliphatic heterocycles. The Labute approximate surface area is 107 Å². The van der Waals surface area contributed by atoms with Gasteiger partial charge in [-0.15, -0.1) is 0 Å². The lowest BCUT2D eigenvalue weighted by Crippen LogP contribution is -2.50. The SMILES string of the molecule is NC(=O)N1CCN(c2ncc(C(F)(F)F)cn2)CC1. The first-order chi connectivity index (χ1) is 8.88. The number of aromatic nitrogens is 2. The zero-order chi connectivity index (χ0) is 14.0. The summed E-state index contributed by atoms with van der Waals surface area (Å²) in [6, 6.07) is -0.506. The van der Waals surface area contributed by atoms with E-state index in [9.17, 15) is 18.0 Å². The van der Waals surface area contributed by atoms with Crippen molar-refractivity contribution in [3.63, 3.8) is 0 Å². The Balaban J connectivity index is 2.02. The van der Waals surface area contributed by atoms with E-state index < -0.39 is 17.8 Å². The van der Waals surface area contributed by atoms with Crippen LogP contribution in [0.3, 0.4) is 0 Å². The van der Waals surface area contributed by atoms with Crippen molar-refractivity contribution in [3.05, 3.63) is 18.0 Å². The van der Waals surface area contributed by atoms with Gasteiger partial charge in [0.25, 0.3) is 0 Å². The molecule has 0 saturated carbocycles. The average Bonchev–Trinajstić information content (AvgIpc) is 2.38. The van der Waals surface area contributed by atoms with E-state index in [2.05, 4.69) is 9.97 Å². The molecule has 1 aromatic heterocycles. The van der Waals surface area contributed by atoms with Gasteiger partial charge in [0.2, 0.25) is 5.95 Å². The molecule has 0 radical (unpaired) electrons. The summed E-state index contributed by atoms with van der Waals surface area (Å²) >= 11 is 0. The van der Waals surface area contributed by atoms with Crippen LogP contribution in [0.25, 0.3) is 0 Å². The number of hydrogen-bond acceptors (Lipinski definition) is 4. The summed E-state index contributed by atoms with van der Waals surface area (Å²) in [7, 11) is 0. The van der Waals surface area contributed by atoms with E-state index in [1.807, 2.05) is 0 Å². The molecule has 1 aliphatic rings. The Morgan fingerprint density at radius 2 is 1.68 bits per heavy atom. The fraction of sp³-hybridized carbons (Fsp3) is 0.500. The Morgan fingerprint density at radius 1 is 1.16 bits per heavy atom. The number of amides is 2. The number of alkyl halides is 3. The molecule has 0 atom stereocenters. The number of nitrogens with two attached hydrogens (primary N) is 1. The summed E-state index contributed by atoms with van der Waals surface area (Å²) in [6.07, 6.45) is -2.94. The van der Waals surface area contributed by atoms with Crippen LogP contribution in [0.5, 0.6) is 0 Å². The number of hydrogen-bond donors (Lipinski definition) is 1. The van der Waals surface area contributed by atoms with Gasteiger partial charge in [-0.2, -0.15) is 13.2 Å². The highest BCUT2D eigenvalue weighted by Gasteiger charge is 2.31. The zero-order valence-electron chi connectivity index (χ0n) is 9.89. The number of halogens is 3. The van der Waals surface area contributed by atoms with E-state index in [1.54, 1.807) is 4.90 Å². The lowest BCUT2D eigenvalue weighted by Gasteiger charge is -2.33. The molecule has 0 aliphatic carbocycles. The molecule has 2 heterocycles. The number of primary amides is 1. The van der Waals surface area contributed by atoms with Crippen LogP contribution in [-0.4, -0.2) is 47.1 Å². The van der Waals surface area contributed by atoms with E-state index >= 15 is 0 Å². The van der Waals surface area contributed by atoms with Crippen LogP contribution in [0, 0.1) is 0 Å². The highest BCUT2D eigenvalue weighted by atomic mass is 19.4. The van der Waals surface area contributed by atoms with Gasteiger partial charge in [0.1, 0.15) is 0 Å². The number of carbonyl (C=O) groups excluding carboxylic acids is 1. The molecule has 9 heteroatoms. The Hall–Kier alpha value is -2.06. The van der Waals surface area contributed by atoms with Gasteiger partial charge in [-0.05, 0) is 0 Å². The monoisotopic (exact) mass is 275 g/mol. The standard InChI is InChI=1S/C10H12F3N5O/c11-10(12,13)7-5-15-9(16-6-7)18-3-1-17(2-4-18)8(14)19/h5-6H,1-4H2,(H2,14,19). The lowest BCUT2D eigenvalue weighted by molar-refractivity contribution is -0.138. The van der Waals surface area contributed by atoms with E-state index in [0.717, 1.165) is 12.4 Å². The van der Waals surface area contributed by atoms with Crippen LogP contribution >= 0.6 is 0 Å². The highest BCUT2D eigenvalue weighted by Crippen LogP contribution is 2.28. The van der Waals surface area contributed by atoms with Crippen LogP contribution in [0.2, 0.25) is 0 Å². The normalized spacial score (nSPS) is 16.6. The van der Waals surface area contributed by atoms with Gasteiger partial charge in [-0.3, -0.25) is 0 Å². The minimum Gasteiger partial charge on any atom is -0.351 e. The second-order valence-electron chi connectivity index (χ2n) is 4.08. The maximum atomic E-state index is 12.4. The Morgan fingerprint density at radius 3 is 2.11 bits per heavy atom. The third kappa shape index (κ3) is 3.04. The van der Waals surface area contributed by atoms with Crippen molar-refractivity contribution in [2.75, 3.05) is 31.1 Å². The maximum absolute atomic E-state index is 12.4. The molecule has 6 nitrogen and oxygen atoms in total. The molecule has 104 valence electrons. The average molecular weight is 275 g/mol. The van der Waals surface area contributed by atoms with Gasteiger partial charge in [0, 0.05) is 38.6 Å². The first-order valence-corrected chi connectivity index (χ1v) is 5.56. The van der Waals surface area contributed by atoms with E-state index in [0.29, 0.717) is 26.2 Å². The van der Waals surface area contributed by atoms with Crippen molar-refractivity contribution >= 4 is 12.0 Å². The molecule has 0 aromatic carbocycles. The molecule has 1 aromatic rings. The fourth-order valence-corrected chi connectivity index (χ4v) is 1.76. The van der Waals surface area contributed by atoms with Crippen molar-refractivity contribution in [1.29, 1.82) is 0 Å². The summed E-state index contributed by atoms with van der Waals surface area (Å²) < 4.78 is 37.1. The zero-order valence-corrected chi connectivity index (χ0v) is 9.89. The number of piperazine rings is 1. The van der Waals surface area contributed by atoms with Gasteiger partial charge in [0.05, 0.1) is 5.56 Å². The third-order valence-electron chi connectivity index (χ3n) is 2.84. The molecular weight excluding hydrogens is 263 g/mol. The molecular formula is C10H12F3N5O. The number of carbonyl (C=O) groups is 1. The summed E-state index contributed by atoms with van der Waals surface area (Å²) in [6.45, 7) is 1.68. The van der Waals surface area contributed by atoms with E-state index in [1.165, 1.54) is 4.90 Å². The second-order valence-corrected chi connectivity index (χ2v) is 4.08. The Bertz CT molecular complexity index is 453. The van der Waals surface area contributed by atoms with Crippen LogP contribution in [0.4, 0.5) is 23.9 Å². The number of urea groups is 1. The maximum Gasteiger partial charge on any atom is 0.419 e. The molecule has 2 N–H and O–H groups in total. The van der Waals surface area contributed by atoms with Crippen LogP contribution < -0.4 is 10.6 Å². The van der Waals surface area contributed by atoms with Crippen molar-refractivity contribution in [2.45, 2.75) is 6.18 Å². The number of rotatable bonds is 1. The van der Waals surface area contributed by atoms with Gasteiger partial charge in [0.15, 0.2) is 0 Å². The summed E-state index contributed by atoms with van der Waals surface area (Å²) in [5.74, 6) is 0.220. The van der Waals surface area contributed by atoms with Gasteiger partial charge < -0.3 is 15.5 Å². The van der Waals surface area contributed by atoms with Gasteiger partial charge in [-0.1, -0.05) is 0 Å². The van der Waals surface area contributed by atoms with E-state index in [-0.39, 0.29) is 5.95 Å². The number of nitrogens with zero attached hydrogens (tertiary/aromatic N) is 4. The largest absolute Gasteiger partial charge is 0.419 e. The summed E-state index contributed by atoms with van der Waals surface area (Å²) in [5.41, 5.74) is 4.25. The number of anilines is 1. The third-order valence-corrected chi connectivity index (χ3v) is 2.84. The Kier molecular flexibility index (Phi) is 3.45. The van der Waals surface area contributed by atoms with Crippen molar-refractivity contribution in [3.8, 4) is 0 Å². The van der Waals surface area contributed by atoms with Crippen LogP contribution in [0.1, 0.15) is 5.56 Å². The quantitative estimate of drug-likeness (QED) is 0.818. The van der Waals surface area contributed by atoms with Gasteiger partial charge >= 0.3 is 12.2 Å². The second kappa shape index (κ2) is 4.90. The molecule has 0 unspecified atom stereocenters. The van der Waals surface area contributed by atoms with Gasteiger partial charge in [-0.25, -0.2) is 14.8 Å². The molecule has 0 bridgehead atoms. The fourth-order valence-electron chi connectivity index (χ4n) is 1.76. The lowest BCUT2D eigenvalue weighted by atomic mass is 10.3. The predicted octanol–water partition coefficient (Wildman–Crippen LogP) is 0.696. The van der Waals surface area contributed by atoms with Crippen LogP contribution in [-0.2, 0) is 6.18 Å². The van der Waals surface area contributed by atoms with Crippen molar-refractivity contribution in [2.24, 2.45) is 5.73 Å². The minimum absolute atomic E-state index is 0.220. The minimum atomic E-state index is -4.44.